The maximum atomic E-state index is 13.9. The van der Waals surface area contributed by atoms with E-state index in [1.807, 2.05) is 0 Å². The van der Waals surface area contributed by atoms with Crippen LogP contribution in [0.1, 0.15) is 77.8 Å². The van der Waals surface area contributed by atoms with Gasteiger partial charge >= 0.3 is 17.9 Å². The van der Waals surface area contributed by atoms with Crippen LogP contribution in [-0.2, 0) is 84.6 Å². The summed E-state index contributed by atoms with van der Waals surface area (Å²) in [6.07, 6.45) is -13.2. The number of rotatable bonds is 41. The van der Waals surface area contributed by atoms with Crippen LogP contribution >= 0.6 is 0 Å². The van der Waals surface area contributed by atoms with Crippen molar-refractivity contribution < 1.29 is 107 Å². The van der Waals surface area contributed by atoms with Crippen molar-refractivity contribution in [3.63, 3.8) is 0 Å². The number of carbonyl (C=O) groups excluding carboxylic acids is 7. The Morgan fingerprint density at radius 2 is 1.32 bits per heavy atom. The molecule has 5 unspecified atom stereocenters. The molecular weight excluding hydrogens is 1020 g/mol. The Balaban J connectivity index is 2.11. The summed E-state index contributed by atoms with van der Waals surface area (Å²) >= 11 is 0. The number of ketones is 3. The zero-order chi connectivity index (χ0) is 56.9. The number of carboxylic acid groups (broad SMARTS) is 3. The molecule has 1 fully saturated rings. The van der Waals surface area contributed by atoms with Gasteiger partial charge < -0.3 is 75.6 Å². The van der Waals surface area contributed by atoms with E-state index >= 15 is 0 Å². The van der Waals surface area contributed by atoms with Gasteiger partial charge in [0.1, 0.15) is 37.1 Å². The van der Waals surface area contributed by atoms with Gasteiger partial charge in [0.2, 0.25) is 23.6 Å². The molecule has 10 N–H and O–H groups in total. The van der Waals surface area contributed by atoms with Crippen LogP contribution in [0.25, 0.3) is 0 Å². The van der Waals surface area contributed by atoms with E-state index in [-0.39, 0.29) is 45.8 Å². The minimum absolute atomic E-state index is 0.0741. The number of aliphatic carboxylic acids is 3. The highest BCUT2D eigenvalue weighted by atomic mass is 18.2. The van der Waals surface area contributed by atoms with Crippen molar-refractivity contribution in [2.75, 3.05) is 73.1 Å². The number of aliphatic hydroxyl groups is 3. The molecule has 0 spiro atoms. The Kier molecular flexibility index (Phi) is 30.8. The molecular formula is C47H74FN7O21. The predicted molar refractivity (Wildman–Crippen MR) is 256 cm³/mol. The summed E-state index contributed by atoms with van der Waals surface area (Å²) in [6, 6.07) is -3.37. The van der Waals surface area contributed by atoms with E-state index in [9.17, 15) is 83.0 Å². The Labute approximate surface area is 437 Å². The van der Waals surface area contributed by atoms with Gasteiger partial charge in [-0.25, -0.2) is 4.68 Å². The quantitative estimate of drug-likeness (QED) is 0.0295. The highest BCUT2D eigenvalue weighted by Crippen LogP contribution is 2.26. The fourth-order valence-electron chi connectivity index (χ4n) is 7.61. The number of carboxylic acids is 3. The number of carbonyl (C=O) groups is 10. The number of ether oxygens (including phenoxy) is 5. The number of hydrogen-bond acceptors (Lipinski definition) is 20. The Bertz CT molecular complexity index is 2060. The van der Waals surface area contributed by atoms with Crippen LogP contribution < -0.4 is 21.3 Å². The number of nitrogens with zero attached hydrogens (tertiary/aromatic N) is 3. The summed E-state index contributed by atoms with van der Waals surface area (Å²) in [7, 11) is 1.56. The Hall–Kier alpha value is -5.95. The molecule has 4 amide bonds. The molecule has 1 aliphatic heterocycles. The van der Waals surface area contributed by atoms with Crippen molar-refractivity contribution in [3.8, 4) is 0 Å². The Morgan fingerprint density at radius 1 is 0.711 bits per heavy atom. The number of alkyl halides is 1. The maximum absolute atomic E-state index is 13.9. The summed E-state index contributed by atoms with van der Waals surface area (Å²) in [5.41, 5.74) is 0.425. The van der Waals surface area contributed by atoms with Crippen LogP contribution in [0.15, 0.2) is 6.20 Å². The molecule has 0 radical (unpaired) electrons. The Morgan fingerprint density at radius 3 is 1.91 bits per heavy atom. The number of aliphatic hydroxyl groups excluding tert-OH is 3. The fraction of sp³-hybridized carbons (Fsp3) is 0.745. The summed E-state index contributed by atoms with van der Waals surface area (Å²) in [4.78, 5) is 129. The maximum Gasteiger partial charge on any atom is 0.305 e. The summed E-state index contributed by atoms with van der Waals surface area (Å²) in [5.74, 6) is -15.7. The fourth-order valence-corrected chi connectivity index (χ4v) is 7.61. The van der Waals surface area contributed by atoms with Crippen molar-refractivity contribution in [2.24, 2.45) is 23.7 Å². The van der Waals surface area contributed by atoms with Gasteiger partial charge in [0, 0.05) is 63.9 Å². The number of nitrogens with one attached hydrogen (secondary N) is 4. The number of Topliss-reactive ketones (excluding diaryl/α,β-unsaturated/α-hetero) is 3. The lowest BCUT2D eigenvalue weighted by atomic mass is 9.86. The molecule has 2 heterocycles. The molecule has 0 saturated carbocycles. The molecule has 10 atom stereocenters. The third-order valence-electron chi connectivity index (χ3n) is 11.9. The number of halogens is 1. The monoisotopic (exact) mass is 1090 g/mol. The predicted octanol–water partition coefficient (Wildman–Crippen LogP) is -2.86. The lowest BCUT2D eigenvalue weighted by Gasteiger charge is -2.40. The second-order valence-corrected chi connectivity index (χ2v) is 18.4. The lowest BCUT2D eigenvalue weighted by molar-refractivity contribution is -0.218. The van der Waals surface area contributed by atoms with Crippen molar-refractivity contribution >= 4 is 58.9 Å². The second kappa shape index (κ2) is 35.4. The molecule has 76 heavy (non-hydrogen) atoms. The largest absolute Gasteiger partial charge is 0.481 e. The first-order valence-corrected chi connectivity index (χ1v) is 24.7. The van der Waals surface area contributed by atoms with Gasteiger partial charge in [-0.2, -0.15) is 0 Å². The average molecular weight is 1090 g/mol. The van der Waals surface area contributed by atoms with E-state index in [4.69, 9.17) is 23.7 Å². The third-order valence-corrected chi connectivity index (χ3v) is 11.9. The number of aromatic nitrogens is 3. The zero-order valence-corrected chi connectivity index (χ0v) is 43.1. The van der Waals surface area contributed by atoms with Gasteiger partial charge in [-0.05, 0) is 25.2 Å². The highest BCUT2D eigenvalue weighted by molar-refractivity contribution is 5.98. The molecule has 28 nitrogen and oxygen atoms in total. The summed E-state index contributed by atoms with van der Waals surface area (Å²) in [5, 5.41) is 78.0. The molecule has 430 valence electrons. The molecule has 29 heteroatoms. The average Bonchev–Trinajstić information content (AvgIpc) is 3.80. The minimum atomic E-state index is -2.12. The molecule has 1 aliphatic rings. The van der Waals surface area contributed by atoms with Crippen LogP contribution in [0.2, 0.25) is 0 Å². The first kappa shape index (κ1) is 66.2. The van der Waals surface area contributed by atoms with E-state index in [2.05, 4.69) is 31.6 Å². The molecule has 1 saturated heterocycles. The van der Waals surface area contributed by atoms with Crippen molar-refractivity contribution in [1.82, 2.24) is 36.3 Å². The molecule has 0 bridgehead atoms. The summed E-state index contributed by atoms with van der Waals surface area (Å²) in [6.45, 7) is 5.25. The smallest absolute Gasteiger partial charge is 0.305 e. The standard InChI is InChI=1S/C47H74FN7O21/c1-26(2)30(47(71)52-32(22-40(64)65)33(56)18-27(3)45(69)49-10-11-73-14-15-75-17-16-74-13-12-72-4)21-34(57)31(7-8-38(60)61)51-46(70)28(20-39(62)63)19-35(58)44-43(68)42(67)41(66)36(76-44)23-50-37(59)25-55-24-29(53-54-55)6-5-9-48/h24,26-28,30-32,36,41-44,66-68H,5-23,25H2,1-4H3,(H,49,69)(H,50,59)(H,51,70)(H,52,71)(H,60,61)(H,62,63)(H,64,65)/t27-,28+,30+,31+,32+,36?,41?,42?,43?,44?/m1/s1/i48-1. The zero-order valence-electron chi connectivity index (χ0n) is 43.1. The van der Waals surface area contributed by atoms with Gasteiger partial charge in [0.25, 0.3) is 0 Å². The van der Waals surface area contributed by atoms with Crippen LogP contribution in [0.3, 0.4) is 0 Å². The second-order valence-electron chi connectivity index (χ2n) is 18.4. The SMILES string of the molecule is COCCOCCOCCOCCNC(=O)[C@H](C)CC(=O)[C@H](CC(=O)O)NC(=O)[C@@H](CC(=O)[C@H](CCC(=O)O)NC(=O)[C@H](CC(=O)O)CC(=O)C1OC(CNC(=O)Cn2cc(CCC[18F])nn2)C(O)C(O)C1O)C(C)C. The van der Waals surface area contributed by atoms with Crippen LogP contribution in [0.5, 0.6) is 0 Å². The molecule has 1 aromatic heterocycles. The first-order valence-electron chi connectivity index (χ1n) is 24.7. The van der Waals surface area contributed by atoms with E-state index < -0.39 is 183 Å². The van der Waals surface area contributed by atoms with Crippen LogP contribution in [0, 0.1) is 23.7 Å². The molecule has 0 aromatic carbocycles. The molecule has 2 rings (SSSR count). The number of hydrogen-bond donors (Lipinski definition) is 10. The molecule has 1 aromatic rings. The first-order chi connectivity index (χ1) is 36.0. The van der Waals surface area contributed by atoms with Crippen molar-refractivity contribution in [3.05, 3.63) is 11.9 Å². The van der Waals surface area contributed by atoms with E-state index in [1.165, 1.54) is 27.0 Å². The molecule has 0 aliphatic carbocycles. The van der Waals surface area contributed by atoms with Gasteiger partial charge in [0.15, 0.2) is 17.3 Å². The number of aryl methyl sites for hydroxylation is 1. The van der Waals surface area contributed by atoms with Gasteiger partial charge in [-0.1, -0.05) is 26.0 Å². The topological polar surface area (TPSA) is 417 Å². The normalized spacial score (nSPS) is 19.4. The van der Waals surface area contributed by atoms with Crippen molar-refractivity contribution in [2.45, 2.75) is 128 Å². The van der Waals surface area contributed by atoms with Crippen LogP contribution in [-0.4, -0.2) is 220 Å². The number of methoxy groups -OCH3 is 1. The van der Waals surface area contributed by atoms with Gasteiger partial charge in [0.05, 0.1) is 89.5 Å². The van der Waals surface area contributed by atoms with E-state index in [0.29, 0.717) is 32.1 Å². The van der Waals surface area contributed by atoms with Crippen LogP contribution in [0.4, 0.5) is 4.39 Å². The van der Waals surface area contributed by atoms with Gasteiger partial charge in [-0.15, -0.1) is 5.10 Å². The van der Waals surface area contributed by atoms with E-state index in [0.717, 1.165) is 4.68 Å². The highest BCUT2D eigenvalue weighted by Gasteiger charge is 2.47. The van der Waals surface area contributed by atoms with Gasteiger partial charge in [-0.3, -0.25) is 52.3 Å². The summed E-state index contributed by atoms with van der Waals surface area (Å²) < 4.78 is 40.2. The van der Waals surface area contributed by atoms with Crippen molar-refractivity contribution in [1.29, 1.82) is 0 Å². The van der Waals surface area contributed by atoms with E-state index in [1.54, 1.807) is 7.11 Å². The number of amides is 4. The minimum Gasteiger partial charge on any atom is -0.481 e. The lowest BCUT2D eigenvalue weighted by Crippen LogP contribution is -2.62. The third kappa shape index (κ3) is 24.8.